The highest BCUT2D eigenvalue weighted by atomic mass is 79.9. The largest absolute Gasteiger partial charge is 0.481 e. The Balaban J connectivity index is 1.77. The van der Waals surface area contributed by atoms with E-state index in [2.05, 4.69) is 21.2 Å². The third-order valence-electron chi connectivity index (χ3n) is 4.07. The highest BCUT2D eigenvalue weighted by molar-refractivity contribution is 9.10. The molecule has 2 heterocycles. The first-order valence-electron chi connectivity index (χ1n) is 7.99. The summed E-state index contributed by atoms with van der Waals surface area (Å²) in [6, 6.07) is 5.42. The van der Waals surface area contributed by atoms with E-state index in [9.17, 15) is 14.4 Å². The van der Waals surface area contributed by atoms with Gasteiger partial charge in [-0.3, -0.25) is 19.3 Å². The van der Waals surface area contributed by atoms with Gasteiger partial charge in [0, 0.05) is 28.7 Å². The number of hydrogen-bond donors (Lipinski definition) is 2. The Morgan fingerprint density at radius 3 is 2.77 bits per heavy atom. The van der Waals surface area contributed by atoms with Crippen LogP contribution >= 0.6 is 39.9 Å². The zero-order valence-electron chi connectivity index (χ0n) is 13.6. The number of benzene rings is 1. The van der Waals surface area contributed by atoms with Gasteiger partial charge in [0.15, 0.2) is 0 Å². The maximum absolute atomic E-state index is 12.8. The molecule has 0 saturated carbocycles. The molecular weight excluding hydrogens is 440 g/mol. The lowest BCUT2D eigenvalue weighted by molar-refractivity contribution is -0.137. The van der Waals surface area contributed by atoms with Gasteiger partial charge in [0.05, 0.1) is 10.5 Å². The van der Waals surface area contributed by atoms with Gasteiger partial charge in [-0.2, -0.15) is 0 Å². The van der Waals surface area contributed by atoms with Crippen molar-refractivity contribution in [3.8, 4) is 0 Å². The average molecular weight is 455 g/mol. The number of halogens is 1. The van der Waals surface area contributed by atoms with E-state index in [1.54, 1.807) is 12.1 Å². The van der Waals surface area contributed by atoms with E-state index in [1.165, 1.54) is 4.90 Å². The SMILES string of the molecule is O=C(O)CCCCCN1C(=O)/C(=C2/C(=O)Nc3ccc(Br)cc32)SC1=S. The quantitative estimate of drug-likeness (QED) is 0.387. The molecule has 2 N–H and O–H groups in total. The van der Waals surface area contributed by atoms with Crippen LogP contribution in [0.5, 0.6) is 0 Å². The minimum absolute atomic E-state index is 0.119. The predicted octanol–water partition coefficient (Wildman–Crippen LogP) is 3.62. The van der Waals surface area contributed by atoms with Gasteiger partial charge in [-0.15, -0.1) is 0 Å². The van der Waals surface area contributed by atoms with Crippen molar-refractivity contribution in [3.05, 3.63) is 33.1 Å². The van der Waals surface area contributed by atoms with E-state index in [4.69, 9.17) is 17.3 Å². The number of carbonyl (C=O) groups is 3. The van der Waals surface area contributed by atoms with E-state index in [0.717, 1.165) is 16.2 Å². The molecular formula is C17H15BrN2O4S2. The van der Waals surface area contributed by atoms with Gasteiger partial charge in [-0.1, -0.05) is 46.3 Å². The molecule has 2 amide bonds. The Bertz CT molecular complexity index is 853. The summed E-state index contributed by atoms with van der Waals surface area (Å²) in [6.45, 7) is 0.425. The van der Waals surface area contributed by atoms with Crippen LogP contribution in [0.3, 0.4) is 0 Å². The zero-order valence-corrected chi connectivity index (χ0v) is 16.8. The molecule has 2 aliphatic rings. The smallest absolute Gasteiger partial charge is 0.303 e. The second-order valence-electron chi connectivity index (χ2n) is 5.88. The normalized spacial score (nSPS) is 19.1. The molecule has 0 bridgehead atoms. The first-order valence-corrected chi connectivity index (χ1v) is 10.0. The number of carbonyl (C=O) groups excluding carboxylic acids is 2. The number of hydrogen-bond acceptors (Lipinski definition) is 5. The third-order valence-corrected chi connectivity index (χ3v) is 6.02. The van der Waals surface area contributed by atoms with Crippen molar-refractivity contribution in [2.24, 2.45) is 0 Å². The Hall–Kier alpha value is -1.71. The van der Waals surface area contributed by atoms with Crippen LogP contribution in [0.25, 0.3) is 5.57 Å². The van der Waals surface area contributed by atoms with E-state index in [1.807, 2.05) is 6.07 Å². The van der Waals surface area contributed by atoms with E-state index < -0.39 is 5.97 Å². The van der Waals surface area contributed by atoms with Crippen LogP contribution in [0.1, 0.15) is 31.2 Å². The predicted molar refractivity (Wildman–Crippen MR) is 108 cm³/mol. The summed E-state index contributed by atoms with van der Waals surface area (Å²) in [5.74, 6) is -1.39. The lowest BCUT2D eigenvalue weighted by Crippen LogP contribution is -2.29. The topological polar surface area (TPSA) is 86.7 Å². The molecule has 3 rings (SSSR count). The Kier molecular flexibility index (Phi) is 5.79. The summed E-state index contributed by atoms with van der Waals surface area (Å²) in [7, 11) is 0. The van der Waals surface area contributed by atoms with Crippen LogP contribution in [-0.4, -0.2) is 38.7 Å². The summed E-state index contributed by atoms with van der Waals surface area (Å²) >= 11 is 9.84. The number of unbranched alkanes of at least 4 members (excludes halogenated alkanes) is 2. The Labute approximate surface area is 168 Å². The Morgan fingerprint density at radius 1 is 1.27 bits per heavy atom. The van der Waals surface area contributed by atoms with E-state index >= 15 is 0 Å². The fourth-order valence-corrected chi connectivity index (χ4v) is 4.58. The number of thiocarbonyl (C=S) groups is 1. The zero-order chi connectivity index (χ0) is 18.8. The molecule has 0 atom stereocenters. The van der Waals surface area contributed by atoms with Gasteiger partial charge >= 0.3 is 5.97 Å². The summed E-state index contributed by atoms with van der Waals surface area (Å²) in [5, 5.41) is 11.4. The second kappa shape index (κ2) is 7.89. The second-order valence-corrected chi connectivity index (χ2v) is 8.44. The molecule has 9 heteroatoms. The van der Waals surface area contributed by atoms with E-state index in [0.29, 0.717) is 51.9 Å². The molecule has 1 aromatic carbocycles. The molecule has 0 radical (unpaired) electrons. The number of fused-ring (bicyclic) bond motifs is 1. The third kappa shape index (κ3) is 3.84. The number of rotatable bonds is 6. The molecule has 1 saturated heterocycles. The van der Waals surface area contributed by atoms with Crippen molar-refractivity contribution >= 4 is 73.3 Å². The summed E-state index contributed by atoms with van der Waals surface area (Å²) in [6.07, 6.45) is 2.05. The maximum atomic E-state index is 12.8. The molecule has 1 fully saturated rings. The molecule has 2 aliphatic heterocycles. The van der Waals surface area contributed by atoms with Crippen molar-refractivity contribution in [2.45, 2.75) is 25.7 Å². The van der Waals surface area contributed by atoms with Gasteiger partial charge in [-0.05, 0) is 31.0 Å². The highest BCUT2D eigenvalue weighted by Crippen LogP contribution is 2.42. The first kappa shape index (κ1) is 19.1. The molecule has 0 unspecified atom stereocenters. The van der Waals surface area contributed by atoms with Crippen LogP contribution in [0.2, 0.25) is 0 Å². The maximum Gasteiger partial charge on any atom is 0.303 e. The van der Waals surface area contributed by atoms with Crippen molar-refractivity contribution in [3.63, 3.8) is 0 Å². The van der Waals surface area contributed by atoms with Crippen molar-refractivity contribution in [1.29, 1.82) is 0 Å². The van der Waals surface area contributed by atoms with E-state index in [-0.39, 0.29) is 18.2 Å². The lowest BCUT2D eigenvalue weighted by Gasteiger charge is -2.14. The van der Waals surface area contributed by atoms with Gasteiger partial charge in [0.1, 0.15) is 4.32 Å². The summed E-state index contributed by atoms with van der Waals surface area (Å²) in [5.41, 5.74) is 1.71. The van der Waals surface area contributed by atoms with Crippen LogP contribution in [-0.2, 0) is 14.4 Å². The fraction of sp³-hybridized carbons (Fsp3) is 0.294. The minimum atomic E-state index is -0.822. The Morgan fingerprint density at radius 2 is 2.04 bits per heavy atom. The number of aliphatic carboxylic acids is 1. The molecule has 136 valence electrons. The van der Waals surface area contributed by atoms with Crippen molar-refractivity contribution in [1.82, 2.24) is 4.90 Å². The van der Waals surface area contributed by atoms with Crippen LogP contribution < -0.4 is 5.32 Å². The number of nitrogens with one attached hydrogen (secondary N) is 1. The highest BCUT2D eigenvalue weighted by Gasteiger charge is 2.38. The molecule has 26 heavy (non-hydrogen) atoms. The molecule has 0 aliphatic carbocycles. The number of carboxylic acid groups (broad SMARTS) is 1. The van der Waals surface area contributed by atoms with Crippen molar-refractivity contribution in [2.75, 3.05) is 11.9 Å². The van der Waals surface area contributed by atoms with Crippen LogP contribution in [0.15, 0.2) is 27.6 Å². The van der Waals surface area contributed by atoms with Gasteiger partial charge in [-0.25, -0.2) is 0 Å². The van der Waals surface area contributed by atoms with Crippen molar-refractivity contribution < 1.29 is 19.5 Å². The number of thioether (sulfide) groups is 1. The summed E-state index contributed by atoms with van der Waals surface area (Å²) < 4.78 is 1.24. The molecule has 0 spiro atoms. The first-order chi connectivity index (χ1) is 12.4. The van der Waals surface area contributed by atoms with Crippen LogP contribution in [0, 0.1) is 0 Å². The van der Waals surface area contributed by atoms with Gasteiger partial charge in [0.2, 0.25) is 0 Å². The minimum Gasteiger partial charge on any atom is -0.481 e. The number of amides is 2. The standard InChI is InChI=1S/C17H15BrN2O4S2/c18-9-5-6-11-10(8-9)13(15(23)19-11)14-16(24)20(17(25)26-14)7-3-1-2-4-12(21)22/h5-6,8H,1-4,7H2,(H,19,23)(H,21,22)/b14-13-. The molecule has 1 aromatic rings. The average Bonchev–Trinajstić information content (AvgIpc) is 3.03. The van der Waals surface area contributed by atoms with Gasteiger partial charge < -0.3 is 10.4 Å². The molecule has 6 nitrogen and oxygen atoms in total. The van der Waals surface area contributed by atoms with Gasteiger partial charge in [0.25, 0.3) is 11.8 Å². The fourth-order valence-electron chi connectivity index (χ4n) is 2.83. The molecule has 0 aromatic heterocycles. The monoisotopic (exact) mass is 454 g/mol. The number of anilines is 1. The number of nitrogens with zero attached hydrogens (tertiary/aromatic N) is 1. The number of carboxylic acids is 1. The summed E-state index contributed by atoms with van der Waals surface area (Å²) in [4.78, 5) is 37.5. The van der Waals surface area contributed by atoms with Crippen LogP contribution in [0.4, 0.5) is 5.69 Å². The lowest BCUT2D eigenvalue weighted by atomic mass is 10.1.